The van der Waals surface area contributed by atoms with E-state index in [-0.39, 0.29) is 11.3 Å². The number of benzene rings is 3. The molecule has 4 aromatic rings. The molecule has 10 heteroatoms. The highest BCUT2D eigenvalue weighted by Gasteiger charge is 2.36. The number of rotatable bonds is 5. The molecule has 1 N–H and O–H groups in total. The number of esters is 1. The van der Waals surface area contributed by atoms with Crippen LogP contribution in [0.15, 0.2) is 99.3 Å². The van der Waals surface area contributed by atoms with Crippen LogP contribution in [0.5, 0.6) is 0 Å². The first kappa shape index (κ1) is 24.3. The number of methoxy groups -OCH3 is 1. The Kier molecular flexibility index (Phi) is 6.76. The lowest BCUT2D eigenvalue weighted by atomic mass is 10.1. The van der Waals surface area contributed by atoms with Gasteiger partial charge in [0, 0.05) is 21.0 Å². The van der Waals surface area contributed by atoms with Gasteiger partial charge in [-0.2, -0.15) is 15.2 Å². The van der Waals surface area contributed by atoms with Crippen LogP contribution in [0.2, 0.25) is 10.0 Å². The second kappa shape index (κ2) is 10.3. The molecular weight excluding hydrogens is 515 g/mol. The number of hydrogen-bond acceptors (Lipinski definition) is 7. The second-order valence-corrected chi connectivity index (χ2v) is 8.73. The predicted molar refractivity (Wildman–Crippen MR) is 143 cm³/mol. The maximum Gasteiger partial charge on any atom is 0.359 e. The summed E-state index contributed by atoms with van der Waals surface area (Å²) < 4.78 is 10.7. The Morgan fingerprint density at radius 1 is 1.03 bits per heavy atom. The molecule has 2 heterocycles. The van der Waals surface area contributed by atoms with E-state index < -0.39 is 11.9 Å². The number of carbonyl (C=O) groups excluding carboxylic acids is 2. The highest BCUT2D eigenvalue weighted by molar-refractivity contribution is 6.54. The lowest BCUT2D eigenvalue weighted by Gasteiger charge is -2.11. The zero-order valence-corrected chi connectivity index (χ0v) is 20.8. The molecule has 0 radical (unpaired) electrons. The number of nitrogens with one attached hydrogen (secondary N) is 1. The quantitative estimate of drug-likeness (QED) is 0.204. The molecule has 1 aliphatic heterocycles. The average Bonchev–Trinajstić information content (AvgIpc) is 3.24. The number of hydrazone groups is 1. The molecule has 0 bridgehead atoms. The Hall–Kier alpha value is -4.40. The minimum absolute atomic E-state index is 0.0234. The minimum atomic E-state index is -0.758. The van der Waals surface area contributed by atoms with E-state index in [2.05, 4.69) is 15.6 Å². The van der Waals surface area contributed by atoms with E-state index in [1.54, 1.807) is 54.6 Å². The molecule has 0 saturated carbocycles. The van der Waals surface area contributed by atoms with Crippen molar-refractivity contribution in [2.75, 3.05) is 17.5 Å². The van der Waals surface area contributed by atoms with Crippen LogP contribution < -0.4 is 15.8 Å². The molecule has 0 unspecified atom stereocenters. The molecule has 0 atom stereocenters. The van der Waals surface area contributed by atoms with Crippen molar-refractivity contribution >= 4 is 69.2 Å². The number of amides is 1. The van der Waals surface area contributed by atoms with E-state index in [9.17, 15) is 9.59 Å². The fraction of sp³-hybridized carbons (Fsp3) is 0.0370. The van der Waals surface area contributed by atoms with E-state index in [1.807, 2.05) is 18.2 Å². The van der Waals surface area contributed by atoms with Crippen LogP contribution >= 0.6 is 23.2 Å². The van der Waals surface area contributed by atoms with Crippen LogP contribution in [-0.4, -0.2) is 24.7 Å². The van der Waals surface area contributed by atoms with E-state index in [4.69, 9.17) is 32.4 Å². The summed E-state index contributed by atoms with van der Waals surface area (Å²) in [6.45, 7) is 0. The summed E-state index contributed by atoms with van der Waals surface area (Å²) in [7, 11) is 1.22. The molecule has 0 spiro atoms. The Labute approximate surface area is 221 Å². The predicted octanol–water partition coefficient (Wildman–Crippen LogP) is 5.63. The number of anilines is 2. The summed E-state index contributed by atoms with van der Waals surface area (Å²) in [5.74, 6) is -1.28. The number of nitrogens with zero attached hydrogens (tertiary/aromatic N) is 3. The Bertz CT molecular complexity index is 1640. The maximum atomic E-state index is 13.4. The van der Waals surface area contributed by atoms with Crippen LogP contribution in [0.4, 0.5) is 11.4 Å². The number of para-hydroxylation sites is 1. The molecule has 37 heavy (non-hydrogen) atoms. The second-order valence-electron chi connectivity index (χ2n) is 7.86. The van der Waals surface area contributed by atoms with Crippen molar-refractivity contribution in [3.8, 4) is 0 Å². The van der Waals surface area contributed by atoms with Crippen LogP contribution in [0, 0.1) is 0 Å². The van der Waals surface area contributed by atoms with Gasteiger partial charge in [-0.25, -0.2) is 4.79 Å². The van der Waals surface area contributed by atoms with Crippen molar-refractivity contribution < 1.29 is 18.7 Å². The van der Waals surface area contributed by atoms with Gasteiger partial charge in [-0.3, -0.25) is 10.2 Å². The van der Waals surface area contributed by atoms with Crippen LogP contribution in [0.1, 0.15) is 5.56 Å². The summed E-state index contributed by atoms with van der Waals surface area (Å²) in [5.41, 5.74) is 5.06. The van der Waals surface area contributed by atoms with Crippen molar-refractivity contribution in [3.05, 3.63) is 106 Å². The summed E-state index contributed by atoms with van der Waals surface area (Å²) in [6.07, 6.45) is 2.97. The lowest BCUT2D eigenvalue weighted by Crippen LogP contribution is -2.23. The normalized spacial score (nSPS) is 14.8. The summed E-state index contributed by atoms with van der Waals surface area (Å²) >= 11 is 12.0. The van der Waals surface area contributed by atoms with Crippen molar-refractivity contribution in [3.63, 3.8) is 0 Å². The minimum Gasteiger partial charge on any atom is -0.464 e. The maximum absolute atomic E-state index is 13.4. The first-order chi connectivity index (χ1) is 17.9. The number of carbonyl (C=O) groups is 2. The smallest absolute Gasteiger partial charge is 0.359 e. The Balaban J connectivity index is 1.64. The molecule has 0 aliphatic carbocycles. The van der Waals surface area contributed by atoms with E-state index in [0.29, 0.717) is 43.3 Å². The van der Waals surface area contributed by atoms with Gasteiger partial charge in [0.15, 0.2) is 5.71 Å². The van der Waals surface area contributed by atoms with E-state index in [0.717, 1.165) is 5.01 Å². The highest BCUT2D eigenvalue weighted by Crippen LogP contribution is 2.27. The van der Waals surface area contributed by atoms with Crippen molar-refractivity contribution in [2.45, 2.75) is 0 Å². The third kappa shape index (κ3) is 4.97. The van der Waals surface area contributed by atoms with Crippen molar-refractivity contribution in [1.82, 2.24) is 0 Å². The van der Waals surface area contributed by atoms with Gasteiger partial charge in [0.25, 0.3) is 5.91 Å². The number of ether oxygens (including phenoxy) is 1. The number of halogens is 2. The van der Waals surface area contributed by atoms with Gasteiger partial charge in [0.05, 0.1) is 24.1 Å². The lowest BCUT2D eigenvalue weighted by molar-refractivity contribution is -0.132. The number of fused-ring (bicyclic) bond motifs is 1. The SMILES string of the molecule is COC(=O)C1=NN(c2ccc(Cl)cc2)C(=O)/C1=C\c1coc2ccccc2/c1=N\Nc1ccc(Cl)cc1. The molecule has 3 aromatic carbocycles. The standard InChI is InChI=1S/C27H18Cl2N4O4/c1-36-27(35)25-22(26(34)33(32-25)20-12-8-18(29)9-13-20)14-16-15-37-23-5-3-2-4-21(23)24(16)31-30-19-10-6-17(28)7-11-19/h2-15,30H,1H3/b22-14-,31-24-. The highest BCUT2D eigenvalue weighted by atomic mass is 35.5. The Morgan fingerprint density at radius 2 is 1.70 bits per heavy atom. The van der Waals surface area contributed by atoms with Gasteiger partial charge in [-0.1, -0.05) is 35.3 Å². The molecular formula is C27H18Cl2N4O4. The van der Waals surface area contributed by atoms with Crippen LogP contribution in [0.3, 0.4) is 0 Å². The molecule has 8 nitrogen and oxygen atoms in total. The summed E-state index contributed by atoms with van der Waals surface area (Å²) in [5, 5.41) is 12.2. The van der Waals surface area contributed by atoms with Gasteiger partial charge in [-0.05, 0) is 66.7 Å². The van der Waals surface area contributed by atoms with Crippen LogP contribution in [-0.2, 0) is 14.3 Å². The van der Waals surface area contributed by atoms with Gasteiger partial charge < -0.3 is 9.15 Å². The molecule has 1 aliphatic rings. The average molecular weight is 533 g/mol. The third-order valence-electron chi connectivity index (χ3n) is 5.50. The fourth-order valence-corrected chi connectivity index (χ4v) is 3.93. The van der Waals surface area contributed by atoms with Gasteiger partial charge in [-0.15, -0.1) is 0 Å². The van der Waals surface area contributed by atoms with Crippen LogP contribution in [0.25, 0.3) is 17.0 Å². The number of hydrogen-bond donors (Lipinski definition) is 1. The fourth-order valence-electron chi connectivity index (χ4n) is 3.68. The van der Waals surface area contributed by atoms with Gasteiger partial charge in [0.1, 0.15) is 17.2 Å². The Morgan fingerprint density at radius 3 is 2.41 bits per heavy atom. The van der Waals surface area contributed by atoms with Gasteiger partial charge >= 0.3 is 5.97 Å². The molecule has 0 saturated heterocycles. The molecule has 5 rings (SSSR count). The molecule has 0 fully saturated rings. The molecule has 1 amide bonds. The first-order valence-corrected chi connectivity index (χ1v) is 11.7. The zero-order valence-electron chi connectivity index (χ0n) is 19.3. The van der Waals surface area contributed by atoms with Gasteiger partial charge in [0.2, 0.25) is 0 Å². The monoisotopic (exact) mass is 532 g/mol. The van der Waals surface area contributed by atoms with E-state index >= 15 is 0 Å². The summed E-state index contributed by atoms with van der Waals surface area (Å²) in [6, 6.07) is 20.9. The summed E-state index contributed by atoms with van der Waals surface area (Å²) in [4.78, 5) is 26.0. The molecule has 184 valence electrons. The van der Waals surface area contributed by atoms with Crippen molar-refractivity contribution in [1.29, 1.82) is 0 Å². The largest absolute Gasteiger partial charge is 0.464 e. The zero-order chi connectivity index (χ0) is 25.9. The first-order valence-electron chi connectivity index (χ1n) is 11.0. The van der Waals surface area contributed by atoms with Crippen molar-refractivity contribution in [2.24, 2.45) is 10.2 Å². The third-order valence-corrected chi connectivity index (χ3v) is 6.00. The molecule has 1 aromatic heterocycles. The topological polar surface area (TPSA) is 96.5 Å². The van der Waals surface area contributed by atoms with E-state index in [1.165, 1.54) is 19.4 Å².